The fourth-order valence-electron chi connectivity index (χ4n) is 1.63. The van der Waals surface area contributed by atoms with Crippen LogP contribution in [0.25, 0.3) is 0 Å². The summed E-state index contributed by atoms with van der Waals surface area (Å²) < 4.78 is 0. The Hall–Kier alpha value is -1.12. The van der Waals surface area contributed by atoms with Gasteiger partial charge in [-0.1, -0.05) is 0 Å². The van der Waals surface area contributed by atoms with Crippen molar-refractivity contribution in [3.05, 3.63) is 17.6 Å². The predicted molar refractivity (Wildman–Crippen MR) is 53.0 cm³/mol. The molecule has 0 radical (unpaired) electrons. The molecule has 1 aliphatic rings. The second kappa shape index (κ2) is 3.32. The Labute approximate surface area is 78.8 Å². The Balaban J connectivity index is 2.25. The van der Waals surface area contributed by atoms with Crippen molar-refractivity contribution in [1.82, 2.24) is 9.97 Å². The highest BCUT2D eigenvalue weighted by atomic mass is 15.2. The zero-order valence-corrected chi connectivity index (χ0v) is 8.25. The molecule has 3 nitrogen and oxygen atoms in total. The summed E-state index contributed by atoms with van der Waals surface area (Å²) in [5.41, 5.74) is 2.08. The number of hydrogen-bond donors (Lipinski definition) is 0. The normalized spacial score (nSPS) is 16.6. The number of aryl methyl sites for hydroxylation is 2. The van der Waals surface area contributed by atoms with Crippen molar-refractivity contribution in [2.45, 2.75) is 26.7 Å². The molecule has 0 aliphatic carbocycles. The summed E-state index contributed by atoms with van der Waals surface area (Å²) in [6.45, 7) is 6.28. The minimum Gasteiger partial charge on any atom is -0.355 e. The highest BCUT2D eigenvalue weighted by Gasteiger charge is 2.13. The van der Waals surface area contributed by atoms with Gasteiger partial charge in [0.2, 0.25) is 0 Å². The molecule has 13 heavy (non-hydrogen) atoms. The Morgan fingerprint density at radius 2 is 1.85 bits per heavy atom. The zero-order chi connectivity index (χ0) is 9.26. The summed E-state index contributed by atoms with van der Waals surface area (Å²) in [6.07, 6.45) is 4.46. The van der Waals surface area contributed by atoms with E-state index in [-0.39, 0.29) is 0 Å². The lowest BCUT2D eigenvalue weighted by atomic mass is 10.3. The number of rotatable bonds is 1. The average molecular weight is 177 g/mol. The van der Waals surface area contributed by atoms with Crippen LogP contribution in [0.2, 0.25) is 0 Å². The second-order valence-corrected chi connectivity index (χ2v) is 3.59. The topological polar surface area (TPSA) is 29.0 Å². The van der Waals surface area contributed by atoms with Crippen LogP contribution in [0.1, 0.15) is 24.2 Å². The predicted octanol–water partition coefficient (Wildman–Crippen LogP) is 1.69. The van der Waals surface area contributed by atoms with Crippen molar-refractivity contribution in [2.24, 2.45) is 0 Å². The molecule has 0 saturated carbocycles. The number of nitrogens with zero attached hydrogens (tertiary/aromatic N) is 3. The van der Waals surface area contributed by atoms with Crippen molar-refractivity contribution in [3.63, 3.8) is 0 Å². The molecule has 1 saturated heterocycles. The van der Waals surface area contributed by atoms with E-state index in [0.29, 0.717) is 0 Å². The molecule has 1 fully saturated rings. The maximum absolute atomic E-state index is 4.52. The number of anilines is 1. The molecule has 2 rings (SSSR count). The van der Waals surface area contributed by atoms with Gasteiger partial charge in [-0.05, 0) is 26.7 Å². The first-order chi connectivity index (χ1) is 6.27. The summed E-state index contributed by atoms with van der Waals surface area (Å²) >= 11 is 0. The molecular weight excluding hydrogens is 162 g/mol. The first-order valence-electron chi connectivity index (χ1n) is 4.82. The average Bonchev–Trinajstić information content (AvgIpc) is 2.62. The molecule has 0 aromatic carbocycles. The number of hydrogen-bond acceptors (Lipinski definition) is 3. The molecule has 3 heteroatoms. The van der Waals surface area contributed by atoms with Crippen LogP contribution < -0.4 is 4.90 Å². The van der Waals surface area contributed by atoms with Gasteiger partial charge in [-0.15, -0.1) is 0 Å². The standard InChI is InChI=1S/C10H15N3/c1-8-9(2)12-10(7-11-8)13-5-3-4-6-13/h7H,3-6H2,1-2H3. The summed E-state index contributed by atoms with van der Waals surface area (Å²) in [7, 11) is 0. The Kier molecular flexibility index (Phi) is 2.17. The van der Waals surface area contributed by atoms with Gasteiger partial charge in [0.05, 0.1) is 17.6 Å². The van der Waals surface area contributed by atoms with Gasteiger partial charge >= 0.3 is 0 Å². The van der Waals surface area contributed by atoms with Crippen molar-refractivity contribution in [1.29, 1.82) is 0 Å². The lowest BCUT2D eigenvalue weighted by Gasteiger charge is -2.16. The van der Waals surface area contributed by atoms with Crippen molar-refractivity contribution >= 4 is 5.82 Å². The molecule has 0 bridgehead atoms. The van der Waals surface area contributed by atoms with E-state index in [1.165, 1.54) is 12.8 Å². The van der Waals surface area contributed by atoms with Gasteiger partial charge in [0, 0.05) is 13.1 Å². The van der Waals surface area contributed by atoms with Gasteiger partial charge in [-0.25, -0.2) is 4.98 Å². The lowest BCUT2D eigenvalue weighted by molar-refractivity contribution is 0.905. The SMILES string of the molecule is Cc1ncc(N2CCCC2)nc1C. The monoisotopic (exact) mass is 177 g/mol. The van der Waals surface area contributed by atoms with E-state index in [1.54, 1.807) is 0 Å². The molecule has 0 unspecified atom stereocenters. The van der Waals surface area contributed by atoms with Crippen molar-refractivity contribution < 1.29 is 0 Å². The van der Waals surface area contributed by atoms with E-state index < -0.39 is 0 Å². The molecule has 1 aliphatic heterocycles. The summed E-state index contributed by atoms with van der Waals surface area (Å²) in [6, 6.07) is 0. The van der Waals surface area contributed by atoms with Crippen LogP contribution in [-0.4, -0.2) is 23.1 Å². The van der Waals surface area contributed by atoms with Crippen LogP contribution in [-0.2, 0) is 0 Å². The van der Waals surface area contributed by atoms with E-state index in [1.807, 2.05) is 20.0 Å². The Bertz CT molecular complexity index is 303. The quantitative estimate of drug-likeness (QED) is 0.653. The van der Waals surface area contributed by atoms with E-state index in [9.17, 15) is 0 Å². The lowest BCUT2D eigenvalue weighted by Crippen LogP contribution is -2.19. The zero-order valence-electron chi connectivity index (χ0n) is 8.25. The van der Waals surface area contributed by atoms with Gasteiger partial charge in [-0.2, -0.15) is 0 Å². The Morgan fingerprint density at radius 3 is 2.46 bits per heavy atom. The van der Waals surface area contributed by atoms with E-state index in [0.717, 1.165) is 30.3 Å². The van der Waals surface area contributed by atoms with Crippen molar-refractivity contribution in [3.8, 4) is 0 Å². The van der Waals surface area contributed by atoms with Crippen LogP contribution >= 0.6 is 0 Å². The highest BCUT2D eigenvalue weighted by molar-refractivity contribution is 5.38. The summed E-state index contributed by atoms with van der Waals surface area (Å²) in [4.78, 5) is 11.1. The maximum atomic E-state index is 4.52. The van der Waals surface area contributed by atoms with Gasteiger partial charge < -0.3 is 4.90 Å². The third-order valence-electron chi connectivity index (χ3n) is 2.61. The largest absolute Gasteiger partial charge is 0.355 e. The van der Waals surface area contributed by atoms with Crippen LogP contribution in [0.15, 0.2) is 6.20 Å². The minimum absolute atomic E-state index is 1.03. The third kappa shape index (κ3) is 1.64. The van der Waals surface area contributed by atoms with E-state index in [2.05, 4.69) is 14.9 Å². The van der Waals surface area contributed by atoms with Gasteiger partial charge in [0.15, 0.2) is 0 Å². The van der Waals surface area contributed by atoms with E-state index >= 15 is 0 Å². The number of aromatic nitrogens is 2. The molecular formula is C10H15N3. The van der Waals surface area contributed by atoms with Crippen LogP contribution in [0.5, 0.6) is 0 Å². The molecule has 0 atom stereocenters. The van der Waals surface area contributed by atoms with Crippen LogP contribution in [0.3, 0.4) is 0 Å². The minimum atomic E-state index is 1.03. The van der Waals surface area contributed by atoms with Gasteiger partial charge in [0.1, 0.15) is 5.82 Å². The highest BCUT2D eigenvalue weighted by Crippen LogP contribution is 2.17. The fraction of sp³-hybridized carbons (Fsp3) is 0.600. The fourth-order valence-corrected chi connectivity index (χ4v) is 1.63. The molecule has 0 amide bonds. The van der Waals surface area contributed by atoms with Gasteiger partial charge in [0.25, 0.3) is 0 Å². The summed E-state index contributed by atoms with van der Waals surface area (Å²) in [5, 5.41) is 0. The smallest absolute Gasteiger partial charge is 0.147 e. The first-order valence-corrected chi connectivity index (χ1v) is 4.82. The molecule has 2 heterocycles. The van der Waals surface area contributed by atoms with E-state index in [4.69, 9.17) is 0 Å². The van der Waals surface area contributed by atoms with Crippen LogP contribution in [0.4, 0.5) is 5.82 Å². The molecule has 1 aromatic heterocycles. The van der Waals surface area contributed by atoms with Crippen molar-refractivity contribution in [2.75, 3.05) is 18.0 Å². The summed E-state index contributed by atoms with van der Waals surface area (Å²) in [5.74, 6) is 1.04. The van der Waals surface area contributed by atoms with Crippen LogP contribution in [0, 0.1) is 13.8 Å². The maximum Gasteiger partial charge on any atom is 0.147 e. The molecule has 0 N–H and O–H groups in total. The molecule has 0 spiro atoms. The Morgan fingerprint density at radius 1 is 1.15 bits per heavy atom. The van der Waals surface area contributed by atoms with Gasteiger partial charge in [-0.3, -0.25) is 4.98 Å². The first kappa shape index (κ1) is 8.48. The third-order valence-corrected chi connectivity index (χ3v) is 2.61. The molecule has 1 aromatic rings. The molecule has 70 valence electrons. The second-order valence-electron chi connectivity index (χ2n) is 3.59.